The smallest absolute Gasteiger partial charge is 0.246 e. The predicted octanol–water partition coefficient (Wildman–Crippen LogP) is 1.50. The second kappa shape index (κ2) is 5.66. The van der Waals surface area contributed by atoms with Crippen molar-refractivity contribution in [3.63, 3.8) is 0 Å². The molecule has 0 aromatic heterocycles. The normalized spacial score (nSPS) is 17.9. The van der Waals surface area contributed by atoms with E-state index in [1.165, 1.54) is 12.1 Å². The fourth-order valence-corrected chi connectivity index (χ4v) is 4.37. The highest BCUT2D eigenvalue weighted by atomic mass is 35.5. The van der Waals surface area contributed by atoms with E-state index < -0.39 is 10.0 Å². The van der Waals surface area contributed by atoms with Gasteiger partial charge >= 0.3 is 0 Å². The molecule has 1 heterocycles. The molecule has 1 aliphatic heterocycles. The largest absolute Gasteiger partial charge is 0.355 e. The van der Waals surface area contributed by atoms with Crippen molar-refractivity contribution in [2.24, 2.45) is 0 Å². The molecule has 0 atom stereocenters. The third-order valence-corrected chi connectivity index (χ3v) is 5.54. The lowest BCUT2D eigenvalue weighted by molar-refractivity contribution is -0.120. The van der Waals surface area contributed by atoms with Crippen LogP contribution in [0.5, 0.6) is 0 Å². The van der Waals surface area contributed by atoms with Crippen molar-refractivity contribution >= 4 is 39.1 Å². The third-order valence-electron chi connectivity index (χ3n) is 2.74. The monoisotopic (exact) mass is 322 g/mol. The molecule has 8 heteroatoms. The van der Waals surface area contributed by atoms with Gasteiger partial charge in [0.2, 0.25) is 15.9 Å². The molecule has 0 bridgehead atoms. The summed E-state index contributed by atoms with van der Waals surface area (Å²) in [5.41, 5.74) is 0. The van der Waals surface area contributed by atoms with Gasteiger partial charge in [0.05, 0.1) is 16.6 Å². The summed E-state index contributed by atoms with van der Waals surface area (Å²) in [6.07, 6.45) is 0.549. The minimum atomic E-state index is -3.87. The van der Waals surface area contributed by atoms with Crippen molar-refractivity contribution in [3.05, 3.63) is 28.2 Å². The van der Waals surface area contributed by atoms with Crippen LogP contribution in [0.3, 0.4) is 0 Å². The van der Waals surface area contributed by atoms with E-state index in [1.807, 2.05) is 0 Å². The van der Waals surface area contributed by atoms with Gasteiger partial charge in [0.25, 0.3) is 0 Å². The average molecular weight is 323 g/mol. The molecule has 5 nitrogen and oxygen atoms in total. The first kappa shape index (κ1) is 14.6. The molecule has 1 fully saturated rings. The van der Waals surface area contributed by atoms with E-state index in [-0.39, 0.29) is 33.9 Å². The number of benzene rings is 1. The molecule has 1 aromatic carbocycles. The Kier molecular flexibility index (Phi) is 4.35. The Labute approximate surface area is 121 Å². The van der Waals surface area contributed by atoms with Crippen LogP contribution in [0.2, 0.25) is 10.0 Å². The second-order valence-corrected chi connectivity index (χ2v) is 6.78. The zero-order valence-corrected chi connectivity index (χ0v) is 12.2. The Morgan fingerprint density at radius 1 is 1.21 bits per heavy atom. The number of carbonyl (C=O) groups excluding carboxylic acids is 1. The van der Waals surface area contributed by atoms with Gasteiger partial charge in [0, 0.05) is 13.1 Å². The number of sulfonamides is 1. The number of nitrogens with one attached hydrogen (secondary N) is 1. The van der Waals surface area contributed by atoms with Crippen LogP contribution in [0.25, 0.3) is 0 Å². The van der Waals surface area contributed by atoms with Crippen LogP contribution in [-0.4, -0.2) is 38.3 Å². The fraction of sp³-hybridized carbons (Fsp3) is 0.364. The highest BCUT2D eigenvalue weighted by Gasteiger charge is 2.31. The van der Waals surface area contributed by atoms with E-state index >= 15 is 0 Å². The van der Waals surface area contributed by atoms with Gasteiger partial charge < -0.3 is 5.32 Å². The molecule has 0 unspecified atom stereocenters. The lowest BCUT2D eigenvalue weighted by atomic mass is 10.4. The first-order valence-corrected chi connectivity index (χ1v) is 7.83. The van der Waals surface area contributed by atoms with Crippen molar-refractivity contribution in [2.45, 2.75) is 11.3 Å². The van der Waals surface area contributed by atoms with Crippen LogP contribution in [0, 0.1) is 0 Å². The molecule has 1 saturated heterocycles. The molecular formula is C11H12Cl2N2O3S. The quantitative estimate of drug-likeness (QED) is 0.897. The highest BCUT2D eigenvalue weighted by Crippen LogP contribution is 2.31. The van der Waals surface area contributed by atoms with Crippen LogP contribution < -0.4 is 5.32 Å². The molecule has 0 aliphatic carbocycles. The van der Waals surface area contributed by atoms with E-state index in [2.05, 4.69) is 5.32 Å². The summed E-state index contributed by atoms with van der Waals surface area (Å²) in [6.45, 7) is 0.494. The number of halogens is 2. The highest BCUT2D eigenvalue weighted by molar-refractivity contribution is 7.89. The minimum absolute atomic E-state index is 0.0529. The van der Waals surface area contributed by atoms with Crippen molar-refractivity contribution in [3.8, 4) is 0 Å². The number of amides is 1. The summed E-state index contributed by atoms with van der Waals surface area (Å²) in [7, 11) is -3.87. The van der Waals surface area contributed by atoms with Crippen molar-refractivity contribution in [1.82, 2.24) is 9.62 Å². The van der Waals surface area contributed by atoms with Gasteiger partial charge in [-0.2, -0.15) is 4.31 Å². The third kappa shape index (κ3) is 3.02. The predicted molar refractivity (Wildman–Crippen MR) is 72.8 cm³/mol. The van der Waals surface area contributed by atoms with Crippen LogP contribution >= 0.6 is 23.2 Å². The summed E-state index contributed by atoms with van der Waals surface area (Å²) >= 11 is 11.8. The number of rotatable bonds is 2. The van der Waals surface area contributed by atoms with Crippen molar-refractivity contribution in [2.75, 3.05) is 19.6 Å². The molecule has 104 valence electrons. The van der Waals surface area contributed by atoms with Gasteiger partial charge in [-0.05, 0) is 18.6 Å². The number of nitrogens with zero attached hydrogens (tertiary/aromatic N) is 1. The van der Waals surface area contributed by atoms with E-state index in [4.69, 9.17) is 23.2 Å². The molecule has 2 rings (SSSR count). The first-order chi connectivity index (χ1) is 8.93. The van der Waals surface area contributed by atoms with Gasteiger partial charge in [-0.3, -0.25) is 4.79 Å². The maximum absolute atomic E-state index is 12.5. The topological polar surface area (TPSA) is 66.5 Å². The summed E-state index contributed by atoms with van der Waals surface area (Å²) in [5, 5.41) is 2.72. The molecule has 0 radical (unpaired) electrons. The number of hydrogen-bond donors (Lipinski definition) is 1. The van der Waals surface area contributed by atoms with E-state index in [0.717, 1.165) is 4.31 Å². The van der Waals surface area contributed by atoms with Gasteiger partial charge in [0.1, 0.15) is 4.90 Å². The van der Waals surface area contributed by atoms with Gasteiger partial charge in [-0.15, -0.1) is 0 Å². The maximum Gasteiger partial charge on any atom is 0.246 e. The summed E-state index contributed by atoms with van der Waals surface area (Å²) in [6, 6.07) is 4.48. The molecule has 0 spiro atoms. The first-order valence-electron chi connectivity index (χ1n) is 5.64. The van der Waals surface area contributed by atoms with Gasteiger partial charge in [0.15, 0.2) is 0 Å². The van der Waals surface area contributed by atoms with E-state index in [1.54, 1.807) is 6.07 Å². The van der Waals surface area contributed by atoms with Gasteiger partial charge in [-0.1, -0.05) is 29.3 Å². The summed E-state index contributed by atoms with van der Waals surface area (Å²) in [4.78, 5) is 11.3. The van der Waals surface area contributed by atoms with Crippen LogP contribution in [0.4, 0.5) is 0 Å². The molecule has 19 heavy (non-hydrogen) atoms. The molecule has 1 amide bonds. The van der Waals surface area contributed by atoms with Crippen LogP contribution in [0.1, 0.15) is 6.42 Å². The Morgan fingerprint density at radius 2 is 1.84 bits per heavy atom. The summed E-state index contributed by atoms with van der Waals surface area (Å²) in [5.74, 6) is -0.329. The molecule has 1 aromatic rings. The van der Waals surface area contributed by atoms with Gasteiger partial charge in [-0.25, -0.2) is 8.42 Å². The Bertz CT molecular complexity index is 584. The number of hydrogen-bond acceptors (Lipinski definition) is 3. The van der Waals surface area contributed by atoms with Crippen LogP contribution in [0.15, 0.2) is 23.1 Å². The standard InChI is InChI=1S/C11H12Cl2N2O3S/c12-8-3-1-4-9(13)11(8)19(17,18)15-6-2-5-14-10(16)7-15/h1,3-4H,2,5-7H2,(H,14,16). The Balaban J connectivity index is 2.44. The lowest BCUT2D eigenvalue weighted by Gasteiger charge is -2.20. The minimum Gasteiger partial charge on any atom is -0.355 e. The zero-order chi connectivity index (χ0) is 14.0. The average Bonchev–Trinajstić information content (AvgIpc) is 2.53. The second-order valence-electron chi connectivity index (χ2n) is 4.09. The SMILES string of the molecule is O=C1CN(S(=O)(=O)c2c(Cl)cccc2Cl)CCCN1. The maximum atomic E-state index is 12.5. The molecule has 0 saturated carbocycles. The van der Waals surface area contributed by atoms with Crippen molar-refractivity contribution < 1.29 is 13.2 Å². The number of carbonyl (C=O) groups is 1. The fourth-order valence-electron chi connectivity index (χ4n) is 1.84. The molecule has 1 aliphatic rings. The Hall–Kier alpha value is -0.820. The Morgan fingerprint density at radius 3 is 2.47 bits per heavy atom. The van der Waals surface area contributed by atoms with Crippen LogP contribution in [-0.2, 0) is 14.8 Å². The molecular weight excluding hydrogens is 311 g/mol. The zero-order valence-electron chi connectivity index (χ0n) is 9.90. The van der Waals surface area contributed by atoms with E-state index in [9.17, 15) is 13.2 Å². The lowest BCUT2D eigenvalue weighted by Crippen LogP contribution is -2.37. The van der Waals surface area contributed by atoms with Crippen molar-refractivity contribution in [1.29, 1.82) is 0 Å². The summed E-state index contributed by atoms with van der Waals surface area (Å²) < 4.78 is 26.1. The van der Waals surface area contributed by atoms with E-state index in [0.29, 0.717) is 13.0 Å². The molecule has 1 N–H and O–H groups in total.